The van der Waals surface area contributed by atoms with Crippen LogP contribution in [0.2, 0.25) is 0 Å². The van der Waals surface area contributed by atoms with E-state index in [1.54, 1.807) is 0 Å². The molecule has 5 heteroatoms. The second-order valence-electron chi connectivity index (χ2n) is 7.86. The number of aliphatic imine (C=N–C) groups is 1. The van der Waals surface area contributed by atoms with Crippen LogP contribution in [0.4, 0.5) is 11.4 Å². The van der Waals surface area contributed by atoms with Crippen LogP contribution in [0.1, 0.15) is 40.5 Å². The molecule has 0 amide bonds. The lowest BCUT2D eigenvalue weighted by atomic mass is 9.95. The average molecular weight is 395 g/mol. The largest absolute Gasteiger partial charge is 0.378 e. The van der Waals surface area contributed by atoms with Crippen molar-refractivity contribution in [2.24, 2.45) is 4.99 Å². The van der Waals surface area contributed by atoms with Gasteiger partial charge in [0.2, 0.25) is 0 Å². The molecule has 0 radical (unpaired) electrons. The molecular formula is C24H34N4O. The Balaban J connectivity index is 1.91. The van der Waals surface area contributed by atoms with Crippen molar-refractivity contribution in [1.82, 2.24) is 4.90 Å². The number of ether oxygens (including phenoxy) is 1. The van der Waals surface area contributed by atoms with Crippen molar-refractivity contribution in [3.05, 3.63) is 47.7 Å². The van der Waals surface area contributed by atoms with Crippen LogP contribution < -0.4 is 4.90 Å². The first-order chi connectivity index (χ1) is 14.0. The van der Waals surface area contributed by atoms with Crippen LogP contribution >= 0.6 is 0 Å². The van der Waals surface area contributed by atoms with Gasteiger partial charge in [-0.3, -0.25) is 0 Å². The van der Waals surface area contributed by atoms with E-state index in [0.717, 1.165) is 68.4 Å². The van der Waals surface area contributed by atoms with Crippen LogP contribution in [-0.4, -0.2) is 55.2 Å². The molecule has 2 aliphatic rings. The lowest BCUT2D eigenvalue weighted by Gasteiger charge is -2.33. The average Bonchev–Trinajstić information content (AvgIpc) is 2.72. The number of nitrogens with one attached hydrogen (secondary N) is 1. The Morgan fingerprint density at radius 1 is 1.10 bits per heavy atom. The SMILES string of the molecule is CCCC1=CC(=Nc2ccc(N(CC)C(C)C)cc2)C(N2CCOCC2)=CC1=N. The highest BCUT2D eigenvalue weighted by molar-refractivity contribution is 6.23. The fourth-order valence-corrected chi connectivity index (χ4v) is 3.95. The minimum Gasteiger partial charge on any atom is -0.378 e. The van der Waals surface area contributed by atoms with Crippen LogP contribution in [0.3, 0.4) is 0 Å². The molecule has 156 valence electrons. The van der Waals surface area contributed by atoms with Gasteiger partial charge in [0.15, 0.2) is 0 Å². The summed E-state index contributed by atoms with van der Waals surface area (Å²) in [6, 6.07) is 8.97. The van der Waals surface area contributed by atoms with Gasteiger partial charge in [-0.05, 0) is 69.2 Å². The molecule has 1 aromatic rings. The van der Waals surface area contributed by atoms with Gasteiger partial charge in [-0.25, -0.2) is 4.99 Å². The summed E-state index contributed by atoms with van der Waals surface area (Å²) in [6.45, 7) is 12.9. The molecule has 5 nitrogen and oxygen atoms in total. The number of anilines is 1. The standard InChI is InChI=1S/C24H34N4O/c1-5-7-19-16-23(24(17-22(19)25)27-12-14-29-15-13-27)26-20-8-10-21(11-9-20)28(6-2)18(3)4/h8-11,16-18,25H,5-7,12-15H2,1-4H3. The molecular weight excluding hydrogens is 360 g/mol. The molecule has 1 aliphatic heterocycles. The van der Waals surface area contributed by atoms with E-state index >= 15 is 0 Å². The molecule has 0 saturated carbocycles. The normalized spacial score (nSPS) is 18.9. The molecule has 1 heterocycles. The first-order valence-electron chi connectivity index (χ1n) is 10.8. The highest BCUT2D eigenvalue weighted by Crippen LogP contribution is 2.26. The second-order valence-corrected chi connectivity index (χ2v) is 7.86. The van der Waals surface area contributed by atoms with Crippen LogP contribution in [0.5, 0.6) is 0 Å². The van der Waals surface area contributed by atoms with Gasteiger partial charge < -0.3 is 19.9 Å². The van der Waals surface area contributed by atoms with Crippen LogP contribution in [0.25, 0.3) is 0 Å². The maximum absolute atomic E-state index is 8.44. The van der Waals surface area contributed by atoms with Crippen molar-refractivity contribution >= 4 is 22.8 Å². The van der Waals surface area contributed by atoms with Gasteiger partial charge in [-0.2, -0.15) is 0 Å². The fraction of sp³-hybridized carbons (Fsp3) is 0.500. The van der Waals surface area contributed by atoms with Crippen LogP contribution in [0, 0.1) is 5.41 Å². The van der Waals surface area contributed by atoms with Crippen molar-refractivity contribution in [1.29, 1.82) is 5.41 Å². The number of hydrogen-bond acceptors (Lipinski definition) is 5. The highest BCUT2D eigenvalue weighted by Gasteiger charge is 2.22. The molecule has 0 bridgehead atoms. The Kier molecular flexibility index (Phi) is 7.26. The van der Waals surface area contributed by atoms with E-state index in [1.807, 2.05) is 6.08 Å². The highest BCUT2D eigenvalue weighted by atomic mass is 16.5. The summed E-state index contributed by atoms with van der Waals surface area (Å²) in [6.07, 6.45) is 6.03. The molecule has 0 aromatic heterocycles. The summed E-state index contributed by atoms with van der Waals surface area (Å²) in [5.41, 5.74) is 5.84. The molecule has 29 heavy (non-hydrogen) atoms. The van der Waals surface area contributed by atoms with Crippen molar-refractivity contribution < 1.29 is 4.74 Å². The zero-order valence-electron chi connectivity index (χ0n) is 18.2. The quantitative estimate of drug-likeness (QED) is 0.664. The third-order valence-corrected chi connectivity index (χ3v) is 5.47. The van der Waals surface area contributed by atoms with Gasteiger partial charge in [-0.15, -0.1) is 0 Å². The van der Waals surface area contributed by atoms with E-state index in [9.17, 15) is 0 Å². The summed E-state index contributed by atoms with van der Waals surface area (Å²) in [5, 5.41) is 8.44. The third-order valence-electron chi connectivity index (χ3n) is 5.47. The number of allylic oxidation sites excluding steroid dienone is 3. The van der Waals surface area contributed by atoms with Crippen LogP contribution in [-0.2, 0) is 4.74 Å². The fourth-order valence-electron chi connectivity index (χ4n) is 3.95. The molecule has 0 unspecified atom stereocenters. The number of morpholine rings is 1. The molecule has 1 aromatic carbocycles. The summed E-state index contributed by atoms with van der Waals surface area (Å²) in [7, 11) is 0. The summed E-state index contributed by atoms with van der Waals surface area (Å²) < 4.78 is 5.51. The van der Waals surface area contributed by atoms with Gasteiger partial charge >= 0.3 is 0 Å². The lowest BCUT2D eigenvalue weighted by molar-refractivity contribution is 0.0565. The molecule has 1 fully saturated rings. The van der Waals surface area contributed by atoms with Gasteiger partial charge in [0.25, 0.3) is 0 Å². The molecule has 1 aliphatic carbocycles. The summed E-state index contributed by atoms with van der Waals surface area (Å²) >= 11 is 0. The van der Waals surface area contributed by atoms with Gasteiger partial charge in [0.05, 0.1) is 36.0 Å². The number of hydrogen-bond donors (Lipinski definition) is 1. The first-order valence-corrected chi connectivity index (χ1v) is 10.8. The minimum absolute atomic E-state index is 0.469. The Bertz CT molecular complexity index is 799. The van der Waals surface area contributed by atoms with Crippen molar-refractivity contribution in [3.63, 3.8) is 0 Å². The Morgan fingerprint density at radius 2 is 1.79 bits per heavy atom. The van der Waals surface area contributed by atoms with E-state index in [1.165, 1.54) is 5.69 Å². The smallest absolute Gasteiger partial charge is 0.0874 e. The zero-order valence-corrected chi connectivity index (χ0v) is 18.2. The summed E-state index contributed by atoms with van der Waals surface area (Å²) in [4.78, 5) is 9.65. The van der Waals surface area contributed by atoms with E-state index < -0.39 is 0 Å². The van der Waals surface area contributed by atoms with E-state index in [0.29, 0.717) is 11.8 Å². The maximum atomic E-state index is 8.44. The van der Waals surface area contributed by atoms with Crippen molar-refractivity contribution in [3.8, 4) is 0 Å². The Labute approximate surface area is 175 Å². The number of benzene rings is 1. The predicted molar refractivity (Wildman–Crippen MR) is 123 cm³/mol. The number of nitrogens with zero attached hydrogens (tertiary/aromatic N) is 3. The molecule has 1 saturated heterocycles. The third kappa shape index (κ3) is 5.15. The number of rotatable bonds is 7. The Morgan fingerprint density at radius 3 is 2.38 bits per heavy atom. The lowest BCUT2D eigenvalue weighted by Crippen LogP contribution is -2.39. The van der Waals surface area contributed by atoms with E-state index in [2.05, 4.69) is 67.8 Å². The predicted octanol–water partition coefficient (Wildman–Crippen LogP) is 4.97. The molecule has 3 rings (SSSR count). The Hall–Kier alpha value is -2.40. The molecule has 1 N–H and O–H groups in total. The topological polar surface area (TPSA) is 51.9 Å². The molecule has 0 spiro atoms. The van der Waals surface area contributed by atoms with E-state index in [4.69, 9.17) is 15.1 Å². The van der Waals surface area contributed by atoms with Crippen molar-refractivity contribution in [2.45, 2.75) is 46.6 Å². The van der Waals surface area contributed by atoms with Gasteiger partial charge in [0, 0.05) is 31.4 Å². The first kappa shape index (κ1) is 21.3. The molecule has 0 atom stereocenters. The van der Waals surface area contributed by atoms with Gasteiger partial charge in [0.1, 0.15) is 0 Å². The van der Waals surface area contributed by atoms with Gasteiger partial charge in [-0.1, -0.05) is 13.3 Å². The summed E-state index contributed by atoms with van der Waals surface area (Å²) in [5.74, 6) is 0. The van der Waals surface area contributed by atoms with Crippen molar-refractivity contribution in [2.75, 3.05) is 37.7 Å². The minimum atomic E-state index is 0.469. The zero-order chi connectivity index (χ0) is 20.8. The van der Waals surface area contributed by atoms with Crippen LogP contribution in [0.15, 0.2) is 52.7 Å². The van der Waals surface area contributed by atoms with E-state index in [-0.39, 0.29) is 0 Å². The monoisotopic (exact) mass is 394 g/mol. The second kappa shape index (κ2) is 9.88. The maximum Gasteiger partial charge on any atom is 0.0874 e.